The zero-order valence-corrected chi connectivity index (χ0v) is 42.7. The third-order valence-electron chi connectivity index (χ3n) is 13.0. The van der Waals surface area contributed by atoms with E-state index >= 15 is 8.78 Å². The molecular weight excluding hydrogens is 909 g/mol. The Morgan fingerprint density at radius 3 is 1.71 bits per heavy atom. The minimum Gasteiger partial charge on any atom is -0.494 e. The van der Waals surface area contributed by atoms with Gasteiger partial charge in [0, 0.05) is 42.7 Å². The van der Waals surface area contributed by atoms with E-state index in [1.54, 1.807) is 24.3 Å². The number of fused-ring (bicyclic) bond motifs is 2. The largest absolute Gasteiger partial charge is 0.494 e. The SMILES string of the molecule is CCCCCCCCCCCCN1C(=O)c2c(-c3ccc(C)s3)sc(-c3ccc(-c4c(F)c(F)c(C)c5nc(-c6cccc(OCCCCCCCC)c6)c(-c6cccc(C)c6)nc45)s3)c2C1=O. The average molecular weight is 972 g/mol. The number of imide groups is 1. The molecule has 0 bridgehead atoms. The monoisotopic (exact) mass is 971 g/mol. The fourth-order valence-electron chi connectivity index (χ4n) is 9.24. The smallest absolute Gasteiger partial charge is 0.263 e. The van der Waals surface area contributed by atoms with Gasteiger partial charge in [-0.25, -0.2) is 18.7 Å². The van der Waals surface area contributed by atoms with E-state index in [4.69, 9.17) is 14.7 Å². The van der Waals surface area contributed by atoms with E-state index in [0.717, 1.165) is 69.8 Å². The number of nitrogens with zero attached hydrogens (tertiary/aromatic N) is 3. The lowest BCUT2D eigenvalue weighted by molar-refractivity contribution is 0.0652. The minimum atomic E-state index is -1.01. The quantitative estimate of drug-likeness (QED) is 0.0446. The van der Waals surface area contributed by atoms with Crippen molar-refractivity contribution in [1.82, 2.24) is 14.9 Å². The van der Waals surface area contributed by atoms with E-state index in [0.29, 0.717) is 56.0 Å². The van der Waals surface area contributed by atoms with Crippen molar-refractivity contribution in [2.24, 2.45) is 0 Å². The van der Waals surface area contributed by atoms with Gasteiger partial charge in [-0.2, -0.15) is 0 Å². The normalized spacial score (nSPS) is 12.5. The second-order valence-corrected chi connectivity index (χ2v) is 21.7. The van der Waals surface area contributed by atoms with Crippen LogP contribution in [0.15, 0.2) is 72.8 Å². The maximum absolute atomic E-state index is 16.7. The summed E-state index contributed by atoms with van der Waals surface area (Å²) < 4.78 is 39.3. The number of hydrogen-bond acceptors (Lipinski definition) is 8. The average Bonchev–Trinajstić information content (AvgIpc) is 4.14. The molecule has 0 saturated heterocycles. The Morgan fingerprint density at radius 2 is 1.09 bits per heavy atom. The fraction of sp³-hybridized carbons (Fsp3) is 0.404. The van der Waals surface area contributed by atoms with Gasteiger partial charge in [0.05, 0.1) is 50.0 Å². The summed E-state index contributed by atoms with van der Waals surface area (Å²) in [6.45, 7) is 11.0. The molecule has 0 radical (unpaired) electrons. The number of unbranched alkanes of at least 4 members (excludes halogenated alkanes) is 14. The van der Waals surface area contributed by atoms with Crippen molar-refractivity contribution in [3.8, 4) is 58.2 Å². The van der Waals surface area contributed by atoms with Crippen molar-refractivity contribution in [3.63, 3.8) is 0 Å². The van der Waals surface area contributed by atoms with Gasteiger partial charge in [0.25, 0.3) is 11.8 Å². The van der Waals surface area contributed by atoms with Gasteiger partial charge in [0.2, 0.25) is 0 Å². The number of amides is 2. The van der Waals surface area contributed by atoms with E-state index in [1.807, 2.05) is 80.6 Å². The number of aryl methyl sites for hydroxylation is 3. The molecule has 0 saturated carbocycles. The highest BCUT2D eigenvalue weighted by atomic mass is 32.1. The second kappa shape index (κ2) is 23.0. The molecule has 0 fully saturated rings. The highest BCUT2D eigenvalue weighted by Gasteiger charge is 2.42. The Morgan fingerprint density at radius 1 is 0.544 bits per heavy atom. The van der Waals surface area contributed by atoms with Gasteiger partial charge in [0.1, 0.15) is 11.3 Å². The number of ether oxygens (including phenoxy) is 1. The van der Waals surface area contributed by atoms with Crippen molar-refractivity contribution in [2.75, 3.05) is 13.2 Å². The third kappa shape index (κ3) is 10.9. The maximum Gasteiger partial charge on any atom is 0.263 e. The number of aromatic nitrogens is 2. The van der Waals surface area contributed by atoms with Crippen molar-refractivity contribution in [3.05, 3.63) is 112 Å². The van der Waals surface area contributed by atoms with Crippen LogP contribution in [-0.4, -0.2) is 39.8 Å². The zero-order chi connectivity index (χ0) is 47.7. The van der Waals surface area contributed by atoms with Gasteiger partial charge >= 0.3 is 0 Å². The standard InChI is InChI=1S/C57H63F2N3O3S3/c1-6-8-10-12-14-15-16-17-18-20-32-62-56(63)46-47(57(62)64)55(68-54(46)43-29-28-37(4)66-43)44-31-30-42(67-44)45-49(59)48(58)38(5)50-53(45)61-51(39-25-22-24-36(3)34-39)52(60-50)40-26-23-27-41(35-40)65-33-21-19-13-11-9-7-2/h22-31,34-35H,6-21,32-33H2,1-5H3. The van der Waals surface area contributed by atoms with E-state index < -0.39 is 11.6 Å². The summed E-state index contributed by atoms with van der Waals surface area (Å²) in [4.78, 5) is 45.0. The van der Waals surface area contributed by atoms with Crippen LogP contribution in [0.4, 0.5) is 8.78 Å². The summed E-state index contributed by atoms with van der Waals surface area (Å²) >= 11 is 4.27. The number of thiophene rings is 3. The van der Waals surface area contributed by atoms with E-state index in [1.165, 1.54) is 91.8 Å². The van der Waals surface area contributed by atoms with Crippen LogP contribution in [0.5, 0.6) is 5.75 Å². The molecule has 4 aromatic heterocycles. The molecule has 1 aliphatic heterocycles. The lowest BCUT2D eigenvalue weighted by Gasteiger charge is -2.16. The molecule has 0 aliphatic carbocycles. The van der Waals surface area contributed by atoms with Crippen LogP contribution < -0.4 is 4.74 Å². The molecule has 0 N–H and O–H groups in total. The summed E-state index contributed by atoms with van der Waals surface area (Å²) in [6, 6.07) is 23.4. The van der Waals surface area contributed by atoms with Crippen molar-refractivity contribution >= 4 is 56.9 Å². The molecule has 0 atom stereocenters. The molecule has 6 nitrogen and oxygen atoms in total. The van der Waals surface area contributed by atoms with Crippen LogP contribution in [-0.2, 0) is 0 Å². The number of halogens is 2. The molecule has 11 heteroatoms. The number of hydrogen-bond donors (Lipinski definition) is 0. The van der Waals surface area contributed by atoms with Gasteiger partial charge in [0.15, 0.2) is 11.6 Å². The molecule has 0 unspecified atom stereocenters. The summed E-state index contributed by atoms with van der Waals surface area (Å²) in [5, 5.41) is 0. The number of rotatable bonds is 24. The first-order valence-corrected chi connectivity index (χ1v) is 27.2. The van der Waals surface area contributed by atoms with E-state index in [-0.39, 0.29) is 34.0 Å². The first-order chi connectivity index (χ1) is 33.1. The second-order valence-electron chi connectivity index (χ2n) is 18.3. The molecule has 3 aromatic carbocycles. The fourth-order valence-corrected chi connectivity index (χ4v) is 12.7. The summed E-state index contributed by atoms with van der Waals surface area (Å²) in [7, 11) is 0. The Balaban J connectivity index is 1.13. The molecule has 0 spiro atoms. The predicted molar refractivity (Wildman–Crippen MR) is 281 cm³/mol. The van der Waals surface area contributed by atoms with E-state index in [2.05, 4.69) is 13.8 Å². The Kier molecular flexibility index (Phi) is 16.7. The maximum atomic E-state index is 16.7. The van der Waals surface area contributed by atoms with E-state index in [9.17, 15) is 9.59 Å². The van der Waals surface area contributed by atoms with Crippen LogP contribution in [0, 0.1) is 32.4 Å². The van der Waals surface area contributed by atoms with Crippen LogP contribution in [0.1, 0.15) is 153 Å². The Labute approximate surface area is 412 Å². The highest BCUT2D eigenvalue weighted by Crippen LogP contribution is 2.51. The number of benzene rings is 3. The number of carbonyl (C=O) groups is 2. The van der Waals surface area contributed by atoms with Crippen LogP contribution >= 0.6 is 34.0 Å². The molecule has 5 heterocycles. The predicted octanol–water partition coefficient (Wildman–Crippen LogP) is 17.6. The molecule has 8 rings (SSSR count). The third-order valence-corrected chi connectivity index (χ3v) is 16.6. The van der Waals surface area contributed by atoms with Crippen LogP contribution in [0.3, 0.4) is 0 Å². The van der Waals surface area contributed by atoms with Crippen LogP contribution in [0.25, 0.3) is 63.5 Å². The first-order valence-electron chi connectivity index (χ1n) is 24.8. The summed E-state index contributed by atoms with van der Waals surface area (Å²) in [5.74, 6) is -1.84. The molecular formula is C57H63F2N3O3S3. The van der Waals surface area contributed by atoms with Gasteiger partial charge in [-0.15, -0.1) is 34.0 Å². The van der Waals surface area contributed by atoms with Gasteiger partial charge in [-0.05, 0) is 76.1 Å². The lowest BCUT2D eigenvalue weighted by Crippen LogP contribution is -2.31. The zero-order valence-electron chi connectivity index (χ0n) is 40.2. The lowest BCUT2D eigenvalue weighted by atomic mass is 9.99. The van der Waals surface area contributed by atoms with Crippen molar-refractivity contribution < 1.29 is 23.1 Å². The first kappa shape index (κ1) is 49.3. The van der Waals surface area contributed by atoms with Gasteiger partial charge in [-0.1, -0.05) is 140 Å². The Hall–Kier alpha value is -5.10. The molecule has 1 aliphatic rings. The molecule has 7 aromatic rings. The van der Waals surface area contributed by atoms with Crippen molar-refractivity contribution in [2.45, 2.75) is 137 Å². The molecule has 68 heavy (non-hydrogen) atoms. The molecule has 2 amide bonds. The number of carbonyl (C=O) groups excluding carboxylic acids is 2. The Bertz CT molecular complexity index is 2900. The van der Waals surface area contributed by atoms with Gasteiger partial charge in [-0.3, -0.25) is 14.5 Å². The topological polar surface area (TPSA) is 72.4 Å². The summed E-state index contributed by atoms with van der Waals surface area (Å²) in [5.41, 5.74) is 5.06. The summed E-state index contributed by atoms with van der Waals surface area (Å²) in [6.07, 6.45) is 18.5. The van der Waals surface area contributed by atoms with Gasteiger partial charge < -0.3 is 4.74 Å². The molecule has 356 valence electrons. The minimum absolute atomic E-state index is 0.00983. The van der Waals surface area contributed by atoms with Crippen molar-refractivity contribution in [1.29, 1.82) is 0 Å². The van der Waals surface area contributed by atoms with Crippen LogP contribution in [0.2, 0.25) is 0 Å². The highest BCUT2D eigenvalue weighted by molar-refractivity contribution is 7.28.